The molecule has 5 heteroatoms. The number of nitrogens with zero attached hydrogens (tertiary/aromatic N) is 1. The van der Waals surface area contributed by atoms with Gasteiger partial charge in [0.1, 0.15) is 5.82 Å². The molecule has 0 aliphatic heterocycles. The maximum absolute atomic E-state index is 13.0. The van der Waals surface area contributed by atoms with Gasteiger partial charge in [-0.2, -0.15) is 13.2 Å². The van der Waals surface area contributed by atoms with E-state index in [4.69, 9.17) is 4.98 Å². The highest BCUT2D eigenvalue weighted by Gasteiger charge is 2.30. The number of halogens is 3. The first kappa shape index (κ1) is 20.8. The molecule has 0 aliphatic rings. The van der Waals surface area contributed by atoms with Gasteiger partial charge in [-0.05, 0) is 23.3 Å². The predicted octanol–water partition coefficient (Wildman–Crippen LogP) is 8.10. The summed E-state index contributed by atoms with van der Waals surface area (Å²) in [5.41, 5.74) is 5.57. The second-order valence-electron chi connectivity index (χ2n) is 7.69. The van der Waals surface area contributed by atoms with Crippen LogP contribution in [0.1, 0.15) is 5.56 Å². The van der Waals surface area contributed by atoms with Crippen LogP contribution in [0.15, 0.2) is 109 Å². The average molecular weight is 440 g/mol. The first-order chi connectivity index (χ1) is 16.0. The van der Waals surface area contributed by atoms with E-state index in [2.05, 4.69) is 29.2 Å². The van der Waals surface area contributed by atoms with Gasteiger partial charge in [0.2, 0.25) is 0 Å². The van der Waals surface area contributed by atoms with Crippen molar-refractivity contribution in [1.29, 1.82) is 0 Å². The van der Waals surface area contributed by atoms with Gasteiger partial charge in [-0.15, -0.1) is 0 Å². The molecular weight excluding hydrogens is 421 g/mol. The van der Waals surface area contributed by atoms with Crippen molar-refractivity contribution in [3.63, 3.8) is 0 Å². The van der Waals surface area contributed by atoms with E-state index in [0.29, 0.717) is 11.4 Å². The zero-order chi connectivity index (χ0) is 22.8. The topological polar surface area (TPSA) is 28.7 Å². The number of imidazole rings is 1. The molecule has 1 heterocycles. The molecule has 0 spiro atoms. The zero-order valence-corrected chi connectivity index (χ0v) is 17.5. The zero-order valence-electron chi connectivity index (χ0n) is 17.5. The van der Waals surface area contributed by atoms with Crippen LogP contribution in [0.3, 0.4) is 0 Å². The van der Waals surface area contributed by atoms with Crippen molar-refractivity contribution in [2.24, 2.45) is 0 Å². The van der Waals surface area contributed by atoms with Crippen LogP contribution in [0.5, 0.6) is 0 Å². The fourth-order valence-electron chi connectivity index (χ4n) is 3.80. The van der Waals surface area contributed by atoms with Crippen LogP contribution < -0.4 is 0 Å². The third kappa shape index (κ3) is 4.30. The van der Waals surface area contributed by atoms with Crippen LogP contribution in [0.2, 0.25) is 0 Å². The molecular formula is C28H19F3N2. The molecule has 0 amide bonds. The SMILES string of the molecule is FC(F)(F)c1ccc(-c2nc(-c3ccccc3)c(-c3ccc(-c4ccccc4)cc3)[nH]2)cc1. The molecule has 0 saturated heterocycles. The third-order valence-electron chi connectivity index (χ3n) is 5.52. The van der Waals surface area contributed by atoms with E-state index in [1.165, 1.54) is 12.1 Å². The summed E-state index contributed by atoms with van der Waals surface area (Å²) in [7, 11) is 0. The Labute approximate surface area is 189 Å². The molecule has 0 fully saturated rings. The number of aromatic amines is 1. The molecule has 4 aromatic carbocycles. The Balaban J connectivity index is 1.57. The van der Waals surface area contributed by atoms with E-state index >= 15 is 0 Å². The number of hydrogen-bond donors (Lipinski definition) is 1. The standard InChI is InChI=1S/C28H19F3N2/c29-28(30,31)24-17-15-23(16-18-24)27-32-25(21-9-5-2-6-10-21)26(33-27)22-13-11-20(12-14-22)19-7-3-1-4-8-19/h1-18H,(H,32,33). The van der Waals surface area contributed by atoms with E-state index in [9.17, 15) is 13.2 Å². The summed E-state index contributed by atoms with van der Waals surface area (Å²) in [6, 6.07) is 33.0. The van der Waals surface area contributed by atoms with Gasteiger partial charge in [0.15, 0.2) is 0 Å². The van der Waals surface area contributed by atoms with Crippen molar-refractivity contribution in [3.8, 4) is 45.0 Å². The van der Waals surface area contributed by atoms with Crippen molar-refractivity contribution >= 4 is 0 Å². The highest BCUT2D eigenvalue weighted by molar-refractivity contribution is 5.82. The largest absolute Gasteiger partial charge is 0.416 e. The number of H-pyrrole nitrogens is 1. The van der Waals surface area contributed by atoms with Gasteiger partial charge < -0.3 is 4.98 Å². The Morgan fingerprint density at radius 1 is 0.515 bits per heavy atom. The molecule has 0 unspecified atom stereocenters. The molecule has 0 bridgehead atoms. The Morgan fingerprint density at radius 2 is 1.00 bits per heavy atom. The Hall–Kier alpha value is -4.12. The second-order valence-corrected chi connectivity index (χ2v) is 7.69. The van der Waals surface area contributed by atoms with Crippen LogP contribution in [0.25, 0.3) is 45.0 Å². The van der Waals surface area contributed by atoms with Gasteiger partial charge in [0, 0.05) is 16.7 Å². The summed E-state index contributed by atoms with van der Waals surface area (Å²) < 4.78 is 38.9. The minimum atomic E-state index is -4.37. The highest BCUT2D eigenvalue weighted by atomic mass is 19.4. The number of benzene rings is 4. The van der Waals surface area contributed by atoms with Crippen molar-refractivity contribution in [1.82, 2.24) is 9.97 Å². The first-order valence-electron chi connectivity index (χ1n) is 10.5. The molecule has 5 aromatic rings. The normalized spacial score (nSPS) is 11.5. The summed E-state index contributed by atoms with van der Waals surface area (Å²) >= 11 is 0. The number of alkyl halides is 3. The second kappa shape index (κ2) is 8.43. The van der Waals surface area contributed by atoms with Gasteiger partial charge in [-0.3, -0.25) is 0 Å². The number of nitrogens with one attached hydrogen (secondary N) is 1. The summed E-state index contributed by atoms with van der Waals surface area (Å²) in [5, 5.41) is 0. The molecule has 162 valence electrons. The Bertz CT molecular complexity index is 1350. The van der Waals surface area contributed by atoms with Gasteiger partial charge >= 0.3 is 6.18 Å². The van der Waals surface area contributed by atoms with Crippen molar-refractivity contribution in [3.05, 3.63) is 115 Å². The smallest absolute Gasteiger partial charge is 0.337 e. The minimum Gasteiger partial charge on any atom is -0.337 e. The lowest BCUT2D eigenvalue weighted by Gasteiger charge is -2.06. The van der Waals surface area contributed by atoms with Crippen LogP contribution in [-0.4, -0.2) is 9.97 Å². The van der Waals surface area contributed by atoms with E-state index in [-0.39, 0.29) is 0 Å². The van der Waals surface area contributed by atoms with E-state index < -0.39 is 11.7 Å². The minimum absolute atomic E-state index is 0.518. The number of hydrogen-bond acceptors (Lipinski definition) is 1. The average Bonchev–Trinajstić information content (AvgIpc) is 3.30. The van der Waals surface area contributed by atoms with Gasteiger partial charge in [-0.25, -0.2) is 4.98 Å². The summed E-state index contributed by atoms with van der Waals surface area (Å²) in [4.78, 5) is 8.10. The lowest BCUT2D eigenvalue weighted by molar-refractivity contribution is -0.137. The molecule has 5 rings (SSSR count). The van der Waals surface area contributed by atoms with Crippen LogP contribution >= 0.6 is 0 Å². The Kier molecular flexibility index (Phi) is 5.31. The van der Waals surface area contributed by atoms with Gasteiger partial charge in [0.05, 0.1) is 17.0 Å². The van der Waals surface area contributed by atoms with Crippen molar-refractivity contribution in [2.45, 2.75) is 6.18 Å². The molecule has 0 atom stereocenters. The molecule has 33 heavy (non-hydrogen) atoms. The lowest BCUT2D eigenvalue weighted by atomic mass is 10.0. The maximum Gasteiger partial charge on any atom is 0.416 e. The number of rotatable bonds is 4. The molecule has 2 nitrogen and oxygen atoms in total. The predicted molar refractivity (Wildman–Crippen MR) is 125 cm³/mol. The van der Waals surface area contributed by atoms with E-state index in [0.717, 1.165) is 45.8 Å². The molecule has 0 saturated carbocycles. The molecule has 1 aromatic heterocycles. The van der Waals surface area contributed by atoms with Crippen LogP contribution in [-0.2, 0) is 6.18 Å². The molecule has 0 aliphatic carbocycles. The van der Waals surface area contributed by atoms with Crippen molar-refractivity contribution < 1.29 is 13.2 Å². The van der Waals surface area contributed by atoms with Crippen molar-refractivity contribution in [2.75, 3.05) is 0 Å². The monoisotopic (exact) mass is 440 g/mol. The molecule has 0 radical (unpaired) electrons. The van der Waals surface area contributed by atoms with Gasteiger partial charge in [-0.1, -0.05) is 97.1 Å². The van der Waals surface area contributed by atoms with Crippen LogP contribution in [0, 0.1) is 0 Å². The Morgan fingerprint density at radius 3 is 1.58 bits per heavy atom. The lowest BCUT2D eigenvalue weighted by Crippen LogP contribution is -2.04. The summed E-state index contributed by atoms with van der Waals surface area (Å²) in [6.07, 6.45) is -4.37. The fraction of sp³-hybridized carbons (Fsp3) is 0.0357. The van der Waals surface area contributed by atoms with Gasteiger partial charge in [0.25, 0.3) is 0 Å². The highest BCUT2D eigenvalue weighted by Crippen LogP contribution is 2.35. The van der Waals surface area contributed by atoms with E-state index in [1.54, 1.807) is 0 Å². The fourth-order valence-corrected chi connectivity index (χ4v) is 3.80. The first-order valence-corrected chi connectivity index (χ1v) is 10.5. The van der Waals surface area contributed by atoms with Crippen LogP contribution in [0.4, 0.5) is 13.2 Å². The number of aromatic nitrogens is 2. The maximum atomic E-state index is 13.0. The summed E-state index contributed by atoms with van der Waals surface area (Å²) in [5.74, 6) is 0.518. The van der Waals surface area contributed by atoms with E-state index in [1.807, 2.05) is 60.7 Å². The third-order valence-corrected chi connectivity index (χ3v) is 5.52. The molecule has 1 N–H and O–H groups in total. The summed E-state index contributed by atoms with van der Waals surface area (Å²) in [6.45, 7) is 0. The quantitative estimate of drug-likeness (QED) is 0.300.